The molecule has 0 bridgehead atoms. The molecule has 0 aliphatic heterocycles. The van der Waals surface area contributed by atoms with Gasteiger partial charge in [0.15, 0.2) is 16.3 Å². The van der Waals surface area contributed by atoms with Crippen LogP contribution in [0.2, 0.25) is 5.15 Å². The highest BCUT2D eigenvalue weighted by molar-refractivity contribution is 14.1. The molecule has 1 unspecified atom stereocenters. The molecule has 2 heterocycles. The number of ether oxygens (including phenoxy) is 2. The number of pyridine rings is 2. The van der Waals surface area contributed by atoms with Gasteiger partial charge in [0.1, 0.15) is 21.6 Å². The van der Waals surface area contributed by atoms with Gasteiger partial charge in [-0.2, -0.15) is 0 Å². The van der Waals surface area contributed by atoms with Crippen molar-refractivity contribution >= 4 is 40.2 Å². The molecule has 1 aromatic carbocycles. The van der Waals surface area contributed by atoms with Crippen molar-refractivity contribution < 1.29 is 19.4 Å². The van der Waals surface area contributed by atoms with Crippen molar-refractivity contribution in [3.05, 3.63) is 90.6 Å². The first-order chi connectivity index (χ1) is 16.5. The van der Waals surface area contributed by atoms with E-state index in [-0.39, 0.29) is 23.7 Å². The average molecular weight is 611 g/mol. The lowest BCUT2D eigenvalue weighted by Crippen LogP contribution is -2.48. The number of esters is 1. The maximum Gasteiger partial charge on any atom is 0.343 e. The zero-order valence-electron chi connectivity index (χ0n) is 20.0. The average Bonchev–Trinajstić information content (AvgIpc) is 2.80. The molecule has 3 aromatic rings. The molecule has 0 saturated heterocycles. The first-order valence-corrected chi connectivity index (χ1v) is 12.6. The predicted molar refractivity (Wildman–Crippen MR) is 143 cm³/mol. The van der Waals surface area contributed by atoms with Gasteiger partial charge in [0.25, 0.3) is 0 Å². The lowest BCUT2D eigenvalue weighted by molar-refractivity contribution is -0.128. The number of benzene rings is 1. The van der Waals surface area contributed by atoms with Crippen LogP contribution in [-0.2, 0) is 23.5 Å². The van der Waals surface area contributed by atoms with Gasteiger partial charge in [-0.25, -0.2) is 9.78 Å². The Labute approximate surface area is 223 Å². The van der Waals surface area contributed by atoms with Crippen LogP contribution in [0.25, 0.3) is 0 Å². The molecule has 0 aliphatic rings. The molecule has 0 saturated carbocycles. The summed E-state index contributed by atoms with van der Waals surface area (Å²) in [5.41, 5.74) is -1.18. The molecule has 35 heavy (non-hydrogen) atoms. The number of carbonyl (C=O) groups is 1. The minimum Gasteiger partial charge on any atom is -0.486 e. The van der Waals surface area contributed by atoms with Gasteiger partial charge in [0.2, 0.25) is 0 Å². The van der Waals surface area contributed by atoms with Crippen molar-refractivity contribution in [2.45, 2.75) is 46.4 Å². The van der Waals surface area contributed by atoms with Crippen LogP contribution in [0.3, 0.4) is 0 Å². The second kappa shape index (κ2) is 11.1. The van der Waals surface area contributed by atoms with Crippen molar-refractivity contribution in [3.63, 3.8) is 0 Å². The molecule has 1 N–H and O–H groups in total. The van der Waals surface area contributed by atoms with E-state index < -0.39 is 22.5 Å². The molecular formula is C26H28ClIN2O5. The molecule has 7 nitrogen and oxygen atoms in total. The van der Waals surface area contributed by atoms with Crippen LogP contribution in [0.4, 0.5) is 0 Å². The van der Waals surface area contributed by atoms with Gasteiger partial charge in [0.05, 0.1) is 6.61 Å². The molecular weight excluding hydrogens is 583 g/mol. The second-order valence-corrected chi connectivity index (χ2v) is 10.5. The van der Waals surface area contributed by atoms with E-state index in [1.54, 1.807) is 13.0 Å². The molecule has 2 aromatic heterocycles. The van der Waals surface area contributed by atoms with Crippen molar-refractivity contribution in [2.24, 2.45) is 5.41 Å². The highest BCUT2D eigenvalue weighted by atomic mass is 127. The molecule has 0 amide bonds. The molecule has 0 spiro atoms. The van der Waals surface area contributed by atoms with Gasteiger partial charge >= 0.3 is 5.97 Å². The van der Waals surface area contributed by atoms with E-state index in [2.05, 4.69) is 27.6 Å². The number of rotatable bonds is 8. The monoisotopic (exact) mass is 610 g/mol. The number of aromatic nitrogens is 2. The fourth-order valence-electron chi connectivity index (χ4n) is 3.54. The van der Waals surface area contributed by atoms with Crippen molar-refractivity contribution in [3.8, 4) is 5.75 Å². The lowest BCUT2D eigenvalue weighted by atomic mass is 9.79. The highest BCUT2D eigenvalue weighted by Gasteiger charge is 2.42. The first-order valence-electron chi connectivity index (χ1n) is 11.1. The summed E-state index contributed by atoms with van der Waals surface area (Å²) in [5.74, 6) is -0.336. The van der Waals surface area contributed by atoms with Crippen LogP contribution < -0.4 is 10.2 Å². The second-order valence-electron chi connectivity index (χ2n) is 9.10. The van der Waals surface area contributed by atoms with E-state index in [1.165, 1.54) is 23.0 Å². The number of carbonyl (C=O) groups excluding carboxylic acids is 1. The van der Waals surface area contributed by atoms with Gasteiger partial charge in [0, 0.05) is 30.3 Å². The fourth-order valence-corrected chi connectivity index (χ4v) is 4.46. The smallest absolute Gasteiger partial charge is 0.343 e. The summed E-state index contributed by atoms with van der Waals surface area (Å²) in [7, 11) is 0. The SMILES string of the molecule is CCOC(=O)c1cn(C(O)(Cc2cc(OCc3ccccc3)c(Cl)nc2I)C(C)(C)C)ccc1=O. The van der Waals surface area contributed by atoms with Crippen LogP contribution in [0.1, 0.15) is 49.2 Å². The fraction of sp³-hybridized carbons (Fsp3) is 0.346. The van der Waals surface area contributed by atoms with Gasteiger partial charge in [-0.05, 0) is 46.7 Å². The standard InChI is InChI=1S/C26H28ClIN2O5/c1-5-34-24(32)19-15-30(12-11-20(19)31)26(33,25(2,3)4)14-18-13-21(22(27)29-23(18)28)35-16-17-9-7-6-8-10-17/h6-13,15,33H,5,14,16H2,1-4H3. The zero-order chi connectivity index (χ0) is 25.8. The topological polar surface area (TPSA) is 90.7 Å². The summed E-state index contributed by atoms with van der Waals surface area (Å²) in [6, 6.07) is 12.7. The Kier molecular flexibility index (Phi) is 8.61. The third-order valence-corrected chi connectivity index (χ3v) is 6.89. The van der Waals surface area contributed by atoms with Crippen LogP contribution in [0.15, 0.2) is 59.7 Å². The molecule has 1 atom stereocenters. The highest BCUT2D eigenvalue weighted by Crippen LogP contribution is 2.39. The Morgan fingerprint density at radius 2 is 1.89 bits per heavy atom. The summed E-state index contributed by atoms with van der Waals surface area (Å²) in [6.45, 7) is 7.73. The summed E-state index contributed by atoms with van der Waals surface area (Å²) < 4.78 is 13.0. The Morgan fingerprint density at radius 1 is 1.20 bits per heavy atom. The van der Waals surface area contributed by atoms with Crippen molar-refractivity contribution in [2.75, 3.05) is 6.61 Å². The number of hydrogen-bond acceptors (Lipinski definition) is 6. The minimum atomic E-state index is -1.53. The van der Waals surface area contributed by atoms with Gasteiger partial charge in [-0.1, -0.05) is 62.7 Å². The number of nitrogens with zero attached hydrogens (tertiary/aromatic N) is 2. The quantitative estimate of drug-likeness (QED) is 0.215. The summed E-state index contributed by atoms with van der Waals surface area (Å²) >= 11 is 8.42. The Morgan fingerprint density at radius 3 is 2.51 bits per heavy atom. The number of halogens is 2. The van der Waals surface area contributed by atoms with E-state index in [9.17, 15) is 14.7 Å². The van der Waals surface area contributed by atoms with E-state index in [0.29, 0.717) is 21.6 Å². The lowest BCUT2D eigenvalue weighted by Gasteiger charge is -2.42. The zero-order valence-corrected chi connectivity index (χ0v) is 23.0. The minimum absolute atomic E-state index is 0.117. The third-order valence-electron chi connectivity index (χ3n) is 5.69. The molecule has 0 fully saturated rings. The normalized spacial score (nSPS) is 13.2. The van der Waals surface area contributed by atoms with Gasteiger partial charge < -0.3 is 19.1 Å². The maximum absolute atomic E-state index is 12.3. The molecule has 186 valence electrons. The van der Waals surface area contributed by atoms with Crippen LogP contribution in [-0.4, -0.2) is 27.2 Å². The van der Waals surface area contributed by atoms with Crippen LogP contribution in [0, 0.1) is 9.12 Å². The van der Waals surface area contributed by atoms with Crippen LogP contribution in [0.5, 0.6) is 5.75 Å². The van der Waals surface area contributed by atoms with Crippen LogP contribution >= 0.6 is 34.2 Å². The summed E-state index contributed by atoms with van der Waals surface area (Å²) in [5, 5.41) is 12.2. The van der Waals surface area contributed by atoms with Crippen molar-refractivity contribution in [1.82, 2.24) is 9.55 Å². The van der Waals surface area contributed by atoms with E-state index in [4.69, 9.17) is 21.1 Å². The number of hydrogen-bond donors (Lipinski definition) is 1. The van der Waals surface area contributed by atoms with E-state index in [1.807, 2.05) is 51.1 Å². The van der Waals surface area contributed by atoms with Crippen molar-refractivity contribution in [1.29, 1.82) is 0 Å². The number of aliphatic hydroxyl groups is 1. The maximum atomic E-state index is 12.3. The predicted octanol–water partition coefficient (Wildman–Crippen LogP) is 5.19. The van der Waals surface area contributed by atoms with Gasteiger partial charge in [-0.3, -0.25) is 4.79 Å². The van der Waals surface area contributed by atoms with E-state index in [0.717, 1.165) is 5.56 Å². The molecule has 0 radical (unpaired) electrons. The molecule has 3 rings (SSSR count). The Hall–Kier alpha value is -2.43. The first kappa shape index (κ1) is 27.2. The Balaban J connectivity index is 2.00. The molecule has 0 aliphatic carbocycles. The van der Waals surface area contributed by atoms with Gasteiger partial charge in [-0.15, -0.1) is 0 Å². The summed E-state index contributed by atoms with van der Waals surface area (Å²) in [4.78, 5) is 29.0. The Bertz CT molecular complexity index is 1260. The molecule has 9 heteroatoms. The summed E-state index contributed by atoms with van der Waals surface area (Å²) in [6.07, 6.45) is 2.93. The third kappa shape index (κ3) is 6.23. The largest absolute Gasteiger partial charge is 0.486 e. The van der Waals surface area contributed by atoms with E-state index >= 15 is 0 Å².